The largest absolute Gasteiger partial charge is 0.573 e. The van der Waals surface area contributed by atoms with Crippen molar-refractivity contribution in [3.05, 3.63) is 65.3 Å². The van der Waals surface area contributed by atoms with Gasteiger partial charge in [0.15, 0.2) is 0 Å². The van der Waals surface area contributed by atoms with Crippen LogP contribution in [0.1, 0.15) is 5.56 Å². The fourth-order valence-electron chi connectivity index (χ4n) is 2.83. The molecule has 4 rings (SSSR count). The summed E-state index contributed by atoms with van der Waals surface area (Å²) < 4.78 is 72.7. The SMILES string of the molecule is O=S1(=O)c2ccccc2CN1c1ccnc(Oc2ccc(OC(F)(F)F)cc2Cl)n1. The van der Waals surface area contributed by atoms with Gasteiger partial charge in [-0.3, -0.25) is 0 Å². The van der Waals surface area contributed by atoms with E-state index in [1.54, 1.807) is 18.2 Å². The summed E-state index contributed by atoms with van der Waals surface area (Å²) in [5, 5.41) is -0.174. The molecular weight excluding hydrogens is 447 g/mol. The molecule has 0 unspecified atom stereocenters. The van der Waals surface area contributed by atoms with Gasteiger partial charge in [-0.15, -0.1) is 13.2 Å². The molecule has 0 saturated heterocycles. The van der Waals surface area contributed by atoms with Crippen LogP contribution in [-0.4, -0.2) is 24.7 Å². The van der Waals surface area contributed by atoms with Crippen LogP contribution in [-0.2, 0) is 16.6 Å². The molecule has 0 aliphatic carbocycles. The molecule has 0 fully saturated rings. The van der Waals surface area contributed by atoms with Gasteiger partial charge in [0.2, 0.25) is 0 Å². The van der Waals surface area contributed by atoms with E-state index in [4.69, 9.17) is 16.3 Å². The molecule has 0 saturated carbocycles. The Morgan fingerprint density at radius 3 is 2.57 bits per heavy atom. The smallest absolute Gasteiger partial charge is 0.423 e. The molecule has 2 heterocycles. The summed E-state index contributed by atoms with van der Waals surface area (Å²) in [6.07, 6.45) is -3.56. The second-order valence-corrected chi connectivity index (χ2v) is 8.30. The van der Waals surface area contributed by atoms with Crippen molar-refractivity contribution < 1.29 is 31.1 Å². The Morgan fingerprint density at radius 1 is 1.10 bits per heavy atom. The highest BCUT2D eigenvalue weighted by Crippen LogP contribution is 2.36. The summed E-state index contributed by atoms with van der Waals surface area (Å²) in [6.45, 7) is 0.0964. The number of anilines is 1. The van der Waals surface area contributed by atoms with Crippen LogP contribution in [0.15, 0.2) is 59.6 Å². The molecule has 30 heavy (non-hydrogen) atoms. The minimum Gasteiger partial charge on any atom is -0.423 e. The van der Waals surface area contributed by atoms with E-state index < -0.39 is 22.1 Å². The van der Waals surface area contributed by atoms with E-state index >= 15 is 0 Å². The minimum atomic E-state index is -4.86. The van der Waals surface area contributed by atoms with Crippen LogP contribution in [0, 0.1) is 0 Å². The first-order chi connectivity index (χ1) is 14.1. The summed E-state index contributed by atoms with van der Waals surface area (Å²) in [6, 6.07) is 10.8. The van der Waals surface area contributed by atoms with Crippen LogP contribution in [0.4, 0.5) is 19.0 Å². The fraction of sp³-hybridized carbons (Fsp3) is 0.111. The molecule has 156 valence electrons. The highest BCUT2D eigenvalue weighted by Gasteiger charge is 2.35. The van der Waals surface area contributed by atoms with Gasteiger partial charge >= 0.3 is 12.4 Å². The lowest BCUT2D eigenvalue weighted by molar-refractivity contribution is -0.274. The number of ether oxygens (including phenoxy) is 2. The van der Waals surface area contributed by atoms with Gasteiger partial charge in [-0.1, -0.05) is 29.8 Å². The molecule has 12 heteroatoms. The first-order valence-corrected chi connectivity index (χ1v) is 10.1. The number of hydrogen-bond donors (Lipinski definition) is 0. The van der Waals surface area contributed by atoms with Crippen LogP contribution in [0.3, 0.4) is 0 Å². The highest BCUT2D eigenvalue weighted by molar-refractivity contribution is 7.93. The Kier molecular flexibility index (Phi) is 4.94. The summed E-state index contributed by atoms with van der Waals surface area (Å²) in [7, 11) is -3.78. The first-order valence-electron chi connectivity index (χ1n) is 8.30. The van der Waals surface area contributed by atoms with E-state index in [1.807, 2.05) is 0 Å². The quantitative estimate of drug-likeness (QED) is 0.572. The molecule has 0 atom stereocenters. The highest BCUT2D eigenvalue weighted by atomic mass is 35.5. The van der Waals surface area contributed by atoms with Gasteiger partial charge in [0.05, 0.1) is 16.5 Å². The third-order valence-corrected chi connectivity index (χ3v) is 6.21. The Bertz CT molecular complexity index is 1220. The molecule has 0 radical (unpaired) electrons. The zero-order valence-corrected chi connectivity index (χ0v) is 16.4. The number of halogens is 4. The Hall–Kier alpha value is -3.05. The number of fused-ring (bicyclic) bond motifs is 1. The van der Waals surface area contributed by atoms with E-state index in [0.29, 0.717) is 5.56 Å². The van der Waals surface area contributed by atoms with Crippen molar-refractivity contribution in [3.8, 4) is 17.5 Å². The normalized spacial score (nSPS) is 15.0. The molecule has 2 aromatic carbocycles. The van der Waals surface area contributed by atoms with Crippen molar-refractivity contribution >= 4 is 27.4 Å². The van der Waals surface area contributed by atoms with Crippen molar-refractivity contribution in [2.75, 3.05) is 4.31 Å². The Labute approximate surface area is 173 Å². The number of nitrogens with zero attached hydrogens (tertiary/aromatic N) is 3. The van der Waals surface area contributed by atoms with Crippen LogP contribution < -0.4 is 13.8 Å². The molecule has 0 spiro atoms. The van der Waals surface area contributed by atoms with Gasteiger partial charge in [-0.05, 0) is 23.8 Å². The maximum Gasteiger partial charge on any atom is 0.573 e. The molecule has 0 amide bonds. The second-order valence-electron chi connectivity index (χ2n) is 6.06. The number of alkyl halides is 3. The number of rotatable bonds is 4. The van der Waals surface area contributed by atoms with Gasteiger partial charge in [0, 0.05) is 18.3 Å². The van der Waals surface area contributed by atoms with E-state index in [-0.39, 0.29) is 34.0 Å². The number of hydrogen-bond acceptors (Lipinski definition) is 6. The average molecular weight is 458 g/mol. The van der Waals surface area contributed by atoms with Gasteiger partial charge < -0.3 is 9.47 Å². The Morgan fingerprint density at radius 2 is 1.87 bits per heavy atom. The van der Waals surface area contributed by atoms with Crippen LogP contribution >= 0.6 is 11.6 Å². The van der Waals surface area contributed by atoms with Crippen LogP contribution in [0.5, 0.6) is 17.5 Å². The van der Waals surface area contributed by atoms with Gasteiger partial charge in [0.25, 0.3) is 10.0 Å². The zero-order valence-electron chi connectivity index (χ0n) is 14.8. The standard InChI is InChI=1S/C18H11ClF3N3O4S/c19-13-9-12(29-18(20,21)22)5-6-14(13)28-17-23-8-7-16(24-17)25-10-11-3-1-2-4-15(11)30(25,26)27/h1-9H,10H2. The fourth-order valence-corrected chi connectivity index (χ4v) is 4.65. The van der Waals surface area contributed by atoms with Gasteiger partial charge in [-0.25, -0.2) is 17.7 Å². The lowest BCUT2D eigenvalue weighted by Crippen LogP contribution is -2.24. The predicted octanol–water partition coefficient (Wildman–Crippen LogP) is 4.53. The summed E-state index contributed by atoms with van der Waals surface area (Å²) in [4.78, 5) is 8.19. The molecular formula is C18H11ClF3N3O4S. The van der Waals surface area contributed by atoms with E-state index in [0.717, 1.165) is 22.5 Å². The summed E-state index contributed by atoms with van der Waals surface area (Å²) in [5.41, 5.74) is 0.627. The lowest BCUT2D eigenvalue weighted by Gasteiger charge is -2.16. The van der Waals surface area contributed by atoms with Crippen molar-refractivity contribution in [2.24, 2.45) is 0 Å². The number of sulfonamides is 1. The lowest BCUT2D eigenvalue weighted by atomic mass is 10.2. The molecule has 1 aliphatic rings. The number of benzene rings is 2. The first kappa shape index (κ1) is 20.2. The minimum absolute atomic E-state index is 0.0316. The molecule has 1 aliphatic heterocycles. The van der Waals surface area contributed by atoms with Crippen molar-refractivity contribution in [3.63, 3.8) is 0 Å². The third-order valence-electron chi connectivity index (χ3n) is 4.07. The average Bonchev–Trinajstić information content (AvgIpc) is 2.94. The van der Waals surface area contributed by atoms with E-state index in [1.165, 1.54) is 18.3 Å². The van der Waals surface area contributed by atoms with E-state index in [2.05, 4.69) is 14.7 Å². The van der Waals surface area contributed by atoms with Crippen molar-refractivity contribution in [1.29, 1.82) is 0 Å². The van der Waals surface area contributed by atoms with Crippen molar-refractivity contribution in [1.82, 2.24) is 9.97 Å². The van der Waals surface area contributed by atoms with E-state index in [9.17, 15) is 21.6 Å². The zero-order chi connectivity index (χ0) is 21.5. The molecule has 1 aromatic heterocycles. The molecule has 0 N–H and O–H groups in total. The molecule has 0 bridgehead atoms. The maximum atomic E-state index is 12.8. The summed E-state index contributed by atoms with van der Waals surface area (Å²) in [5.74, 6) is -0.476. The molecule has 3 aromatic rings. The van der Waals surface area contributed by atoms with Crippen molar-refractivity contribution in [2.45, 2.75) is 17.8 Å². The molecule has 7 nitrogen and oxygen atoms in total. The third kappa shape index (κ3) is 3.98. The topological polar surface area (TPSA) is 81.6 Å². The number of aromatic nitrogens is 2. The van der Waals surface area contributed by atoms with Crippen LogP contribution in [0.25, 0.3) is 0 Å². The maximum absolute atomic E-state index is 12.8. The monoisotopic (exact) mass is 457 g/mol. The predicted molar refractivity (Wildman–Crippen MR) is 100 cm³/mol. The van der Waals surface area contributed by atoms with Crippen LogP contribution in [0.2, 0.25) is 5.02 Å². The van der Waals surface area contributed by atoms with Gasteiger partial charge in [-0.2, -0.15) is 4.98 Å². The summed E-state index contributed by atoms with van der Waals surface area (Å²) >= 11 is 5.95. The van der Waals surface area contributed by atoms with Gasteiger partial charge in [0.1, 0.15) is 17.3 Å². The second kappa shape index (κ2) is 7.33. The Balaban J connectivity index is 1.58.